The van der Waals surface area contributed by atoms with E-state index >= 15 is 0 Å². The van der Waals surface area contributed by atoms with Gasteiger partial charge in [-0.1, -0.05) is 17.7 Å². The summed E-state index contributed by atoms with van der Waals surface area (Å²) in [5, 5.41) is 17.5. The van der Waals surface area contributed by atoms with Gasteiger partial charge in [0.1, 0.15) is 6.54 Å². The number of methoxy groups -OCH3 is 1. The fraction of sp³-hybridized carbons (Fsp3) is 0.158. The van der Waals surface area contributed by atoms with E-state index in [9.17, 15) is 14.4 Å². The predicted octanol–water partition coefficient (Wildman–Crippen LogP) is 2.38. The maximum atomic E-state index is 12.3. The van der Waals surface area contributed by atoms with Gasteiger partial charge in [0.25, 0.3) is 0 Å². The van der Waals surface area contributed by atoms with E-state index < -0.39 is 11.9 Å². The summed E-state index contributed by atoms with van der Waals surface area (Å²) in [4.78, 5) is 36.1. The molecule has 0 atom stereocenters. The smallest absolute Gasteiger partial charge is 0.337 e. The molecule has 2 N–H and O–H groups in total. The van der Waals surface area contributed by atoms with E-state index in [2.05, 4.69) is 30.8 Å². The zero-order valence-corrected chi connectivity index (χ0v) is 16.8. The molecule has 30 heavy (non-hydrogen) atoms. The average Bonchev–Trinajstić information content (AvgIpc) is 3.17. The van der Waals surface area contributed by atoms with E-state index in [1.165, 1.54) is 20.1 Å². The normalized spacial score (nSPS) is 10.4. The van der Waals surface area contributed by atoms with Crippen molar-refractivity contribution in [2.45, 2.75) is 13.5 Å². The molecule has 3 rings (SSSR count). The molecule has 11 heteroatoms. The number of tetrazole rings is 1. The number of aromatic nitrogens is 4. The van der Waals surface area contributed by atoms with Crippen LogP contribution < -0.4 is 10.6 Å². The summed E-state index contributed by atoms with van der Waals surface area (Å²) < 4.78 is 4.66. The molecule has 0 radical (unpaired) electrons. The van der Waals surface area contributed by atoms with Crippen LogP contribution in [0.25, 0.3) is 11.4 Å². The molecule has 1 aromatic heterocycles. The summed E-state index contributed by atoms with van der Waals surface area (Å²) in [6.45, 7) is 1.20. The summed E-state index contributed by atoms with van der Waals surface area (Å²) >= 11 is 6.16. The molecule has 0 aliphatic rings. The highest BCUT2D eigenvalue weighted by atomic mass is 35.5. The standard InChI is InChI=1S/C19H17ClN6O4/c1-11(27)21-16-7-6-12(9-15(16)20)18-23-25-26(24-18)10-17(28)22-14-5-3-4-13(8-14)19(29)30-2/h3-9H,10H2,1-2H3,(H,21,27)(H,22,28). The van der Waals surface area contributed by atoms with E-state index in [-0.39, 0.29) is 18.3 Å². The predicted molar refractivity (Wildman–Crippen MR) is 109 cm³/mol. The highest BCUT2D eigenvalue weighted by molar-refractivity contribution is 6.34. The minimum Gasteiger partial charge on any atom is -0.465 e. The van der Waals surface area contributed by atoms with Crippen molar-refractivity contribution in [2.75, 3.05) is 17.7 Å². The summed E-state index contributed by atoms with van der Waals surface area (Å²) in [5.41, 5.74) is 1.79. The molecule has 0 fully saturated rings. The van der Waals surface area contributed by atoms with Crippen molar-refractivity contribution in [2.24, 2.45) is 0 Å². The fourth-order valence-electron chi connectivity index (χ4n) is 2.54. The van der Waals surface area contributed by atoms with Gasteiger partial charge in [-0.05, 0) is 41.6 Å². The number of benzene rings is 2. The number of carbonyl (C=O) groups excluding carboxylic acids is 3. The van der Waals surface area contributed by atoms with Gasteiger partial charge in [-0.2, -0.15) is 4.80 Å². The minimum atomic E-state index is -0.503. The highest BCUT2D eigenvalue weighted by Gasteiger charge is 2.13. The Morgan fingerprint density at radius 1 is 1.13 bits per heavy atom. The van der Waals surface area contributed by atoms with Gasteiger partial charge in [0.05, 0.1) is 23.4 Å². The Kier molecular flexibility index (Phi) is 6.38. The Labute approximate surface area is 176 Å². The largest absolute Gasteiger partial charge is 0.465 e. The van der Waals surface area contributed by atoms with Crippen LogP contribution in [-0.4, -0.2) is 45.1 Å². The van der Waals surface area contributed by atoms with Crippen molar-refractivity contribution in [1.82, 2.24) is 20.2 Å². The lowest BCUT2D eigenvalue weighted by Crippen LogP contribution is -2.20. The van der Waals surface area contributed by atoms with Gasteiger partial charge in [-0.15, -0.1) is 10.2 Å². The van der Waals surface area contributed by atoms with Crippen molar-refractivity contribution in [3.8, 4) is 11.4 Å². The number of halogens is 1. The molecular weight excluding hydrogens is 412 g/mol. The number of ether oxygens (including phenoxy) is 1. The summed E-state index contributed by atoms with van der Waals surface area (Å²) in [6.07, 6.45) is 0. The van der Waals surface area contributed by atoms with Crippen LogP contribution in [0.4, 0.5) is 11.4 Å². The molecule has 0 aliphatic heterocycles. The van der Waals surface area contributed by atoms with E-state index in [0.29, 0.717) is 27.5 Å². The lowest BCUT2D eigenvalue weighted by atomic mass is 10.2. The molecule has 0 spiro atoms. The average molecular weight is 429 g/mol. The third-order valence-corrected chi connectivity index (χ3v) is 4.16. The molecule has 154 valence electrons. The second-order valence-electron chi connectivity index (χ2n) is 6.14. The third kappa shape index (κ3) is 5.17. The number of esters is 1. The first-order valence-corrected chi connectivity index (χ1v) is 9.07. The molecule has 1 heterocycles. The summed E-state index contributed by atoms with van der Waals surface area (Å²) in [6, 6.07) is 11.2. The molecule has 0 saturated carbocycles. The van der Waals surface area contributed by atoms with Gasteiger partial charge in [0, 0.05) is 18.2 Å². The van der Waals surface area contributed by atoms with Gasteiger partial charge in [0.15, 0.2) is 0 Å². The van der Waals surface area contributed by atoms with Crippen molar-refractivity contribution in [3.05, 3.63) is 53.1 Å². The first-order valence-electron chi connectivity index (χ1n) is 8.69. The summed E-state index contributed by atoms with van der Waals surface area (Å²) in [7, 11) is 1.28. The third-order valence-electron chi connectivity index (χ3n) is 3.84. The number of anilines is 2. The van der Waals surface area contributed by atoms with Crippen LogP contribution in [0, 0.1) is 0 Å². The first kappa shape index (κ1) is 20.9. The molecule has 3 aromatic rings. The topological polar surface area (TPSA) is 128 Å². The Morgan fingerprint density at radius 2 is 1.93 bits per heavy atom. The van der Waals surface area contributed by atoms with Crippen LogP contribution in [0.2, 0.25) is 5.02 Å². The minimum absolute atomic E-state index is 0.187. The van der Waals surface area contributed by atoms with Gasteiger partial charge in [-0.3, -0.25) is 9.59 Å². The number of hydrogen-bond acceptors (Lipinski definition) is 7. The van der Waals surface area contributed by atoms with Crippen LogP contribution in [0.15, 0.2) is 42.5 Å². The Balaban J connectivity index is 1.67. The lowest BCUT2D eigenvalue weighted by molar-refractivity contribution is -0.117. The van der Waals surface area contributed by atoms with Gasteiger partial charge >= 0.3 is 5.97 Å². The van der Waals surface area contributed by atoms with Crippen LogP contribution in [0.5, 0.6) is 0 Å². The Morgan fingerprint density at radius 3 is 2.63 bits per heavy atom. The van der Waals surface area contributed by atoms with Crippen molar-refractivity contribution >= 4 is 40.8 Å². The molecule has 10 nitrogen and oxygen atoms in total. The van der Waals surface area contributed by atoms with Crippen LogP contribution in [0.3, 0.4) is 0 Å². The maximum absolute atomic E-state index is 12.3. The van der Waals surface area contributed by atoms with E-state index in [4.69, 9.17) is 11.6 Å². The molecule has 0 bridgehead atoms. The van der Waals surface area contributed by atoms with Crippen molar-refractivity contribution in [3.63, 3.8) is 0 Å². The first-order chi connectivity index (χ1) is 14.4. The molecule has 2 aromatic carbocycles. The van der Waals surface area contributed by atoms with E-state index in [1.54, 1.807) is 36.4 Å². The lowest BCUT2D eigenvalue weighted by Gasteiger charge is -2.06. The number of nitrogens with zero attached hydrogens (tertiary/aromatic N) is 4. The van der Waals surface area contributed by atoms with E-state index in [1.807, 2.05) is 0 Å². The molecule has 2 amide bonds. The Hall–Kier alpha value is -3.79. The second-order valence-corrected chi connectivity index (χ2v) is 6.55. The van der Waals surface area contributed by atoms with Gasteiger partial charge in [-0.25, -0.2) is 4.79 Å². The molecular formula is C19H17ClN6O4. The van der Waals surface area contributed by atoms with Crippen LogP contribution >= 0.6 is 11.6 Å². The number of hydrogen-bond donors (Lipinski definition) is 2. The SMILES string of the molecule is COC(=O)c1cccc(NC(=O)Cn2nnc(-c3ccc(NC(C)=O)c(Cl)c3)n2)c1. The maximum Gasteiger partial charge on any atom is 0.337 e. The monoisotopic (exact) mass is 428 g/mol. The van der Waals surface area contributed by atoms with Crippen LogP contribution in [-0.2, 0) is 20.9 Å². The Bertz CT molecular complexity index is 1110. The number of carbonyl (C=O) groups is 3. The molecule has 0 unspecified atom stereocenters. The number of nitrogens with one attached hydrogen (secondary N) is 2. The molecule has 0 aliphatic carbocycles. The number of amides is 2. The van der Waals surface area contributed by atoms with Gasteiger partial charge < -0.3 is 15.4 Å². The van der Waals surface area contributed by atoms with Gasteiger partial charge in [0.2, 0.25) is 17.6 Å². The van der Waals surface area contributed by atoms with Crippen LogP contribution in [0.1, 0.15) is 17.3 Å². The summed E-state index contributed by atoms with van der Waals surface area (Å²) in [5.74, 6) is -0.875. The van der Waals surface area contributed by atoms with Crippen molar-refractivity contribution < 1.29 is 19.1 Å². The van der Waals surface area contributed by atoms with Crippen molar-refractivity contribution in [1.29, 1.82) is 0 Å². The molecule has 0 saturated heterocycles. The second kappa shape index (κ2) is 9.14. The quantitative estimate of drug-likeness (QED) is 0.576. The zero-order chi connectivity index (χ0) is 21.7. The number of rotatable bonds is 6. The highest BCUT2D eigenvalue weighted by Crippen LogP contribution is 2.26. The fourth-order valence-corrected chi connectivity index (χ4v) is 2.77. The zero-order valence-electron chi connectivity index (χ0n) is 16.0. The van der Waals surface area contributed by atoms with E-state index in [0.717, 1.165) is 4.80 Å².